The highest BCUT2D eigenvalue weighted by molar-refractivity contribution is 6.27. The maximum Gasteiger partial charge on any atom is 0.414 e. The highest BCUT2D eigenvalue weighted by Gasteiger charge is 2.36. The van der Waals surface area contributed by atoms with E-state index in [0.717, 1.165) is 61.0 Å². The predicted molar refractivity (Wildman–Crippen MR) is 162 cm³/mol. The lowest BCUT2D eigenvalue weighted by atomic mass is 9.86. The number of benzene rings is 2. The van der Waals surface area contributed by atoms with E-state index in [1.807, 2.05) is 12.1 Å². The lowest BCUT2D eigenvalue weighted by Gasteiger charge is -2.38. The predicted octanol–water partition coefficient (Wildman–Crippen LogP) is 5.21. The van der Waals surface area contributed by atoms with Crippen LogP contribution in [0.25, 0.3) is 0 Å². The van der Waals surface area contributed by atoms with Crippen molar-refractivity contribution in [3.05, 3.63) is 34.4 Å². The summed E-state index contributed by atoms with van der Waals surface area (Å²) in [4.78, 5) is 22.8. The van der Waals surface area contributed by atoms with Crippen LogP contribution in [-0.4, -0.2) is 83.6 Å². The standard InChI is InChI=1S/C30H44N2O5.C2H2O4/c1-17(2)13-21-25-19(9-11-31(21)5)16-24(36-8)29(28(25)34)37-30-26-20(15-23(35-7)27(30)33)10-12-32(6)22(26)14-18(3)4;3-1(4)2(5)6/h15-18,21-22,33-34H,9-14H2,1-8H3;(H,3,4)(H,5,6). The molecule has 0 saturated heterocycles. The van der Waals surface area contributed by atoms with Gasteiger partial charge in [-0.25, -0.2) is 9.59 Å². The van der Waals surface area contributed by atoms with Crippen LogP contribution in [-0.2, 0) is 22.4 Å². The van der Waals surface area contributed by atoms with Gasteiger partial charge in [0.05, 0.1) is 14.2 Å². The van der Waals surface area contributed by atoms with Gasteiger partial charge in [0.1, 0.15) is 0 Å². The van der Waals surface area contributed by atoms with Gasteiger partial charge >= 0.3 is 11.9 Å². The van der Waals surface area contributed by atoms with Crippen molar-refractivity contribution in [2.45, 2.75) is 65.5 Å². The van der Waals surface area contributed by atoms with Crippen molar-refractivity contribution in [1.29, 1.82) is 0 Å². The summed E-state index contributed by atoms with van der Waals surface area (Å²) >= 11 is 0. The number of phenolic OH excluding ortho intramolecular Hbond substituents is 2. The molecule has 0 bridgehead atoms. The fourth-order valence-electron chi connectivity index (χ4n) is 5.98. The van der Waals surface area contributed by atoms with Gasteiger partial charge in [-0.15, -0.1) is 0 Å². The number of aromatic hydroxyl groups is 2. The molecule has 2 aromatic carbocycles. The summed E-state index contributed by atoms with van der Waals surface area (Å²) in [5.74, 6) is -1.28. The first-order chi connectivity index (χ1) is 20.2. The van der Waals surface area contributed by atoms with Crippen LogP contribution < -0.4 is 14.2 Å². The second-order valence-electron chi connectivity index (χ2n) is 12.1. The van der Waals surface area contributed by atoms with Crippen molar-refractivity contribution < 1.29 is 44.2 Å². The van der Waals surface area contributed by atoms with Crippen LogP contribution in [0.4, 0.5) is 0 Å². The number of carboxylic acid groups (broad SMARTS) is 2. The van der Waals surface area contributed by atoms with Crippen LogP contribution in [0.2, 0.25) is 0 Å². The number of aliphatic carboxylic acids is 2. The molecule has 0 saturated carbocycles. The minimum absolute atomic E-state index is 0.0553. The summed E-state index contributed by atoms with van der Waals surface area (Å²) in [6.45, 7) is 10.6. The second kappa shape index (κ2) is 14.2. The number of fused-ring (bicyclic) bond motifs is 2. The number of hydrogen-bond donors (Lipinski definition) is 4. The molecule has 0 aliphatic carbocycles. The quantitative estimate of drug-likeness (QED) is 0.295. The third-order valence-corrected chi connectivity index (χ3v) is 8.10. The fourth-order valence-corrected chi connectivity index (χ4v) is 5.98. The van der Waals surface area contributed by atoms with Crippen LogP contribution in [0.5, 0.6) is 34.5 Å². The van der Waals surface area contributed by atoms with Gasteiger partial charge in [-0.3, -0.25) is 9.80 Å². The number of rotatable bonds is 8. The molecule has 4 rings (SSSR count). The van der Waals surface area contributed by atoms with E-state index in [4.69, 9.17) is 34.0 Å². The van der Waals surface area contributed by atoms with Crippen molar-refractivity contribution in [1.82, 2.24) is 9.80 Å². The molecule has 0 fully saturated rings. The van der Waals surface area contributed by atoms with Crippen molar-refractivity contribution >= 4 is 11.9 Å². The van der Waals surface area contributed by atoms with E-state index >= 15 is 0 Å². The van der Waals surface area contributed by atoms with Crippen molar-refractivity contribution in [2.75, 3.05) is 41.4 Å². The number of carbonyl (C=O) groups is 2. The van der Waals surface area contributed by atoms with Gasteiger partial charge in [-0.1, -0.05) is 27.7 Å². The zero-order valence-electron chi connectivity index (χ0n) is 26.4. The maximum atomic E-state index is 11.7. The van der Waals surface area contributed by atoms with Gasteiger partial charge in [0, 0.05) is 36.3 Å². The molecule has 2 heterocycles. The third-order valence-electron chi connectivity index (χ3n) is 8.10. The molecule has 0 amide bonds. The van der Waals surface area contributed by atoms with Crippen LogP contribution in [0.3, 0.4) is 0 Å². The largest absolute Gasteiger partial charge is 0.504 e. The number of hydrogen-bond acceptors (Lipinski definition) is 9. The molecule has 4 N–H and O–H groups in total. The SMILES string of the molecule is COc1cc2c(c(Oc3c(OC)cc4c(c3O)C(CC(C)C)N(C)CC4)c1O)C(CC(C)C)N(C)CC2.O=C(O)C(=O)O. The van der Waals surface area contributed by atoms with Crippen molar-refractivity contribution in [3.8, 4) is 34.5 Å². The molecule has 11 nitrogen and oxygen atoms in total. The minimum atomic E-state index is -1.82. The Morgan fingerprint density at radius 1 is 0.767 bits per heavy atom. The summed E-state index contributed by atoms with van der Waals surface area (Å²) in [7, 11) is 7.36. The molecule has 2 aromatic rings. The van der Waals surface area contributed by atoms with Crippen LogP contribution in [0.1, 0.15) is 74.9 Å². The highest BCUT2D eigenvalue weighted by Crippen LogP contribution is 2.54. The summed E-state index contributed by atoms with van der Waals surface area (Å²) < 4.78 is 17.8. The van der Waals surface area contributed by atoms with E-state index in [9.17, 15) is 10.2 Å². The average molecular weight is 603 g/mol. The smallest absolute Gasteiger partial charge is 0.414 e. The van der Waals surface area contributed by atoms with Gasteiger partial charge in [0.25, 0.3) is 0 Å². The molecule has 0 radical (unpaired) electrons. The summed E-state index contributed by atoms with van der Waals surface area (Å²) in [5, 5.41) is 37.9. The van der Waals surface area contributed by atoms with E-state index in [1.165, 1.54) is 0 Å². The van der Waals surface area contributed by atoms with Gasteiger partial charge in [-0.05, 0) is 74.9 Å². The summed E-state index contributed by atoms with van der Waals surface area (Å²) in [6, 6.07) is 4.06. The van der Waals surface area contributed by atoms with E-state index in [1.54, 1.807) is 14.2 Å². The van der Waals surface area contributed by atoms with Gasteiger partial charge in [0.15, 0.2) is 23.0 Å². The van der Waals surface area contributed by atoms with Crippen LogP contribution in [0.15, 0.2) is 12.1 Å². The molecule has 43 heavy (non-hydrogen) atoms. The van der Waals surface area contributed by atoms with Crippen molar-refractivity contribution in [2.24, 2.45) is 11.8 Å². The number of phenols is 2. The van der Waals surface area contributed by atoms with E-state index < -0.39 is 11.9 Å². The third kappa shape index (κ3) is 7.45. The number of likely N-dealkylation sites (N-methyl/N-ethyl adjacent to an activating group) is 2. The Hall–Kier alpha value is -3.70. The Morgan fingerprint density at radius 2 is 1.21 bits per heavy atom. The van der Waals surface area contributed by atoms with Gasteiger partial charge in [-0.2, -0.15) is 0 Å². The Balaban J connectivity index is 0.000000765. The first-order valence-electron chi connectivity index (χ1n) is 14.6. The monoisotopic (exact) mass is 602 g/mol. The Bertz CT molecular complexity index is 1310. The first-order valence-corrected chi connectivity index (χ1v) is 14.6. The molecule has 0 aromatic heterocycles. The normalized spacial score (nSPS) is 18.4. The zero-order chi connectivity index (χ0) is 32.2. The molecule has 2 aliphatic rings. The average Bonchev–Trinajstić information content (AvgIpc) is 2.93. The number of nitrogens with zero attached hydrogens (tertiary/aromatic N) is 2. The molecule has 238 valence electrons. The number of methoxy groups -OCH3 is 2. The zero-order valence-corrected chi connectivity index (χ0v) is 26.4. The van der Waals surface area contributed by atoms with E-state index in [0.29, 0.717) is 29.1 Å². The fraction of sp³-hybridized carbons (Fsp3) is 0.562. The Morgan fingerprint density at radius 3 is 1.65 bits per heavy atom. The first kappa shape index (κ1) is 33.8. The topological polar surface area (TPSA) is 149 Å². The maximum absolute atomic E-state index is 11.7. The van der Waals surface area contributed by atoms with Gasteiger partial charge in [0.2, 0.25) is 11.5 Å². The van der Waals surface area contributed by atoms with E-state index in [2.05, 4.69) is 51.6 Å². The van der Waals surface area contributed by atoms with Gasteiger partial charge < -0.3 is 34.6 Å². The number of ether oxygens (including phenoxy) is 3. The summed E-state index contributed by atoms with van der Waals surface area (Å²) in [5.41, 5.74) is 4.03. The van der Waals surface area contributed by atoms with Crippen LogP contribution >= 0.6 is 0 Å². The molecule has 0 spiro atoms. The highest BCUT2D eigenvalue weighted by atomic mass is 16.5. The molecular formula is C32H46N2O9. The minimum Gasteiger partial charge on any atom is -0.504 e. The molecule has 2 atom stereocenters. The van der Waals surface area contributed by atoms with Crippen LogP contribution in [0, 0.1) is 11.8 Å². The van der Waals surface area contributed by atoms with Crippen molar-refractivity contribution in [3.63, 3.8) is 0 Å². The second-order valence-corrected chi connectivity index (χ2v) is 12.1. The molecule has 2 aliphatic heterocycles. The molecule has 11 heteroatoms. The Kier molecular flexibility index (Phi) is 11.1. The summed E-state index contributed by atoms with van der Waals surface area (Å²) in [6.07, 6.45) is 3.48. The lowest BCUT2D eigenvalue weighted by Crippen LogP contribution is -2.33. The Labute approximate surface area is 253 Å². The number of carboxylic acids is 2. The lowest BCUT2D eigenvalue weighted by molar-refractivity contribution is -0.159. The van der Waals surface area contributed by atoms with E-state index in [-0.39, 0.29) is 29.3 Å². The molecule has 2 unspecified atom stereocenters. The molecular weight excluding hydrogens is 556 g/mol.